The highest BCUT2D eigenvalue weighted by Gasteiger charge is 2.64. The zero-order chi connectivity index (χ0) is 20.1. The Morgan fingerprint density at radius 3 is 2.64 bits per heavy atom. The highest BCUT2D eigenvalue weighted by molar-refractivity contribution is 5.93. The molecule has 0 amide bonds. The number of aliphatic hydroxyl groups excluding tert-OH is 1. The number of ketones is 2. The molecule has 4 rings (SSSR count). The normalized spacial score (nSPS) is 46.9. The van der Waals surface area contributed by atoms with Crippen LogP contribution >= 0.6 is 0 Å². The number of hydrogen-bond acceptors (Lipinski definition) is 6. The first-order chi connectivity index (χ1) is 13.4. The van der Waals surface area contributed by atoms with Crippen LogP contribution in [-0.4, -0.2) is 42.1 Å². The first kappa shape index (κ1) is 20.0. The van der Waals surface area contributed by atoms with Crippen molar-refractivity contribution in [2.75, 3.05) is 19.8 Å². The lowest BCUT2D eigenvalue weighted by Gasteiger charge is -2.60. The highest BCUT2D eigenvalue weighted by Crippen LogP contribution is 2.65. The third-order valence-electron chi connectivity index (χ3n) is 8.86. The van der Waals surface area contributed by atoms with E-state index < -0.39 is 0 Å². The second-order valence-electron chi connectivity index (χ2n) is 9.94. The maximum Gasteiger partial charge on any atom is 0.142 e. The number of hydrogen-bond donors (Lipinski definition) is 2. The smallest absolute Gasteiger partial charge is 0.142 e. The topological polar surface area (TPSA) is 102 Å². The summed E-state index contributed by atoms with van der Waals surface area (Å²) in [7, 11) is 0. The summed E-state index contributed by atoms with van der Waals surface area (Å²) < 4.78 is 0. The van der Waals surface area contributed by atoms with Crippen molar-refractivity contribution in [1.29, 1.82) is 0 Å². The summed E-state index contributed by atoms with van der Waals surface area (Å²) in [5.41, 5.74) is 6.13. The van der Waals surface area contributed by atoms with Gasteiger partial charge in [0.25, 0.3) is 0 Å². The molecule has 0 spiro atoms. The molecule has 0 aromatic heterocycles. The van der Waals surface area contributed by atoms with Crippen LogP contribution in [0.1, 0.15) is 58.8 Å². The van der Waals surface area contributed by atoms with E-state index in [9.17, 15) is 14.7 Å². The van der Waals surface area contributed by atoms with Gasteiger partial charge in [-0.25, -0.2) is 0 Å². The largest absolute Gasteiger partial charge is 0.396 e. The number of oxime groups is 1. The number of carbonyl (C=O) groups is 2. The second kappa shape index (κ2) is 7.21. The Kier molecular flexibility index (Phi) is 5.15. The van der Waals surface area contributed by atoms with Gasteiger partial charge in [0.05, 0.1) is 12.3 Å². The summed E-state index contributed by atoms with van der Waals surface area (Å²) in [5, 5.41) is 14.5. The van der Waals surface area contributed by atoms with Gasteiger partial charge >= 0.3 is 0 Å². The van der Waals surface area contributed by atoms with E-state index in [1.807, 2.05) is 0 Å². The maximum atomic E-state index is 13.6. The Balaban J connectivity index is 1.65. The Labute approximate surface area is 167 Å². The van der Waals surface area contributed by atoms with Gasteiger partial charge in [0, 0.05) is 30.2 Å². The molecule has 0 radical (unpaired) electrons. The molecule has 0 heterocycles. The van der Waals surface area contributed by atoms with Crippen LogP contribution in [0.15, 0.2) is 5.16 Å². The molecular weight excluding hydrogens is 356 g/mol. The minimum atomic E-state index is -0.357. The number of Topliss-reactive ketones (excluding diaryl/α,β-unsaturated/α-hetero) is 2. The first-order valence-electron chi connectivity index (χ1n) is 10.9. The van der Waals surface area contributed by atoms with E-state index in [1.165, 1.54) is 0 Å². The monoisotopic (exact) mass is 390 g/mol. The molecule has 0 aliphatic heterocycles. The van der Waals surface area contributed by atoms with Crippen molar-refractivity contribution in [1.82, 2.24) is 0 Å². The van der Waals surface area contributed by atoms with Crippen molar-refractivity contribution in [3.63, 3.8) is 0 Å². The fourth-order valence-electron chi connectivity index (χ4n) is 7.24. The Hall–Kier alpha value is -1.27. The summed E-state index contributed by atoms with van der Waals surface area (Å²) in [5.74, 6) is 0.669. The van der Waals surface area contributed by atoms with Crippen molar-refractivity contribution >= 4 is 17.3 Å². The van der Waals surface area contributed by atoms with E-state index in [-0.39, 0.29) is 46.9 Å². The zero-order valence-corrected chi connectivity index (χ0v) is 17.2. The molecule has 3 N–H and O–H groups in total. The fraction of sp³-hybridized carbons (Fsp3) is 0.864. The molecule has 4 aliphatic carbocycles. The van der Waals surface area contributed by atoms with E-state index >= 15 is 0 Å². The average molecular weight is 391 g/mol. The van der Waals surface area contributed by atoms with Gasteiger partial charge in [0.1, 0.15) is 18.2 Å². The molecule has 7 atom stereocenters. The number of nitrogens with two attached hydrogens (primary N) is 1. The van der Waals surface area contributed by atoms with E-state index in [1.54, 1.807) is 0 Å². The molecule has 4 saturated carbocycles. The van der Waals surface area contributed by atoms with Gasteiger partial charge in [-0.1, -0.05) is 19.0 Å². The zero-order valence-electron chi connectivity index (χ0n) is 17.2. The molecule has 6 heteroatoms. The van der Waals surface area contributed by atoms with Gasteiger partial charge in [0.15, 0.2) is 0 Å². The fourth-order valence-corrected chi connectivity index (χ4v) is 7.24. The van der Waals surface area contributed by atoms with Crippen molar-refractivity contribution in [3.05, 3.63) is 0 Å². The van der Waals surface area contributed by atoms with Crippen molar-refractivity contribution < 1.29 is 19.5 Å². The molecule has 4 unspecified atom stereocenters. The molecule has 4 fully saturated rings. The van der Waals surface area contributed by atoms with Gasteiger partial charge in [-0.2, -0.15) is 0 Å². The van der Waals surface area contributed by atoms with Crippen LogP contribution in [0.3, 0.4) is 0 Å². The number of carbonyl (C=O) groups excluding carboxylic acids is 2. The molecule has 0 aromatic rings. The number of aliphatic hydroxyl groups is 1. The van der Waals surface area contributed by atoms with Crippen LogP contribution in [-0.2, 0) is 14.4 Å². The van der Waals surface area contributed by atoms with Gasteiger partial charge in [0.2, 0.25) is 0 Å². The quantitative estimate of drug-likeness (QED) is 0.567. The van der Waals surface area contributed by atoms with E-state index in [0.717, 1.165) is 37.8 Å². The molecular formula is C22H34N2O4. The van der Waals surface area contributed by atoms with E-state index in [4.69, 9.17) is 10.6 Å². The molecule has 156 valence electrons. The maximum absolute atomic E-state index is 13.6. The van der Waals surface area contributed by atoms with E-state index in [2.05, 4.69) is 19.0 Å². The van der Waals surface area contributed by atoms with Crippen LogP contribution in [0.5, 0.6) is 0 Å². The minimum Gasteiger partial charge on any atom is -0.396 e. The lowest BCUT2D eigenvalue weighted by Crippen LogP contribution is -2.61. The lowest BCUT2D eigenvalue weighted by molar-refractivity contribution is -0.166. The standard InChI is InChI=1S/C22H34N2O4/c1-21-7-5-13(24-28-10-9-23)11-17(21)14(12-25)20(27)19-15-3-4-18(26)22(15,2)8-6-16(19)21/h14-17,19,25H,3-12,23H2,1-2H3/t14-,15?,16?,17?,19?,21-,22+/m1/s1. The molecule has 6 nitrogen and oxygen atoms in total. The second-order valence-corrected chi connectivity index (χ2v) is 9.94. The molecule has 0 saturated heterocycles. The predicted molar refractivity (Wildman–Crippen MR) is 106 cm³/mol. The van der Waals surface area contributed by atoms with Gasteiger partial charge in [-0.05, 0) is 61.7 Å². The summed E-state index contributed by atoms with van der Waals surface area (Å²) >= 11 is 0. The van der Waals surface area contributed by atoms with Crippen molar-refractivity contribution in [2.24, 2.45) is 51.3 Å². The molecule has 4 aliphatic rings. The SMILES string of the molecule is C[C@]12CCC(=NOCCN)CC1[C@@H](CO)C(=O)C1C2CC[C@]2(C)C(=O)CCC12. The first-order valence-corrected chi connectivity index (χ1v) is 10.9. The highest BCUT2D eigenvalue weighted by atomic mass is 16.6. The molecule has 0 bridgehead atoms. The summed E-state index contributed by atoms with van der Waals surface area (Å²) in [6.45, 7) is 5.11. The predicted octanol–water partition coefficient (Wildman–Crippen LogP) is 2.33. The van der Waals surface area contributed by atoms with Crippen LogP contribution in [0.4, 0.5) is 0 Å². The summed E-state index contributed by atoms with van der Waals surface area (Å²) in [4.78, 5) is 31.5. The van der Waals surface area contributed by atoms with Crippen LogP contribution < -0.4 is 5.73 Å². The van der Waals surface area contributed by atoms with Gasteiger partial charge < -0.3 is 15.7 Å². The van der Waals surface area contributed by atoms with Gasteiger partial charge in [-0.3, -0.25) is 9.59 Å². The lowest BCUT2D eigenvalue weighted by atomic mass is 9.43. The Morgan fingerprint density at radius 2 is 1.93 bits per heavy atom. The molecule has 28 heavy (non-hydrogen) atoms. The van der Waals surface area contributed by atoms with Gasteiger partial charge in [-0.15, -0.1) is 0 Å². The van der Waals surface area contributed by atoms with Crippen LogP contribution in [0.2, 0.25) is 0 Å². The van der Waals surface area contributed by atoms with E-state index in [0.29, 0.717) is 37.7 Å². The summed E-state index contributed by atoms with van der Waals surface area (Å²) in [6, 6.07) is 0. The van der Waals surface area contributed by atoms with Crippen LogP contribution in [0, 0.1) is 40.4 Å². The third-order valence-corrected chi connectivity index (χ3v) is 8.86. The number of nitrogens with zero attached hydrogens (tertiary/aromatic N) is 1. The van der Waals surface area contributed by atoms with Crippen molar-refractivity contribution in [2.45, 2.75) is 58.8 Å². The van der Waals surface area contributed by atoms with Crippen molar-refractivity contribution in [3.8, 4) is 0 Å². The summed E-state index contributed by atoms with van der Waals surface area (Å²) in [6.07, 6.45) is 5.83. The number of rotatable bonds is 4. The minimum absolute atomic E-state index is 0.00578. The third kappa shape index (κ3) is 2.78. The average Bonchev–Trinajstić information content (AvgIpc) is 2.98. The Bertz CT molecular complexity index is 692. The number of fused-ring (bicyclic) bond motifs is 5. The van der Waals surface area contributed by atoms with Crippen LogP contribution in [0.25, 0.3) is 0 Å². The molecule has 0 aromatic carbocycles. The Morgan fingerprint density at radius 1 is 1.14 bits per heavy atom.